The van der Waals surface area contributed by atoms with Crippen molar-refractivity contribution < 1.29 is 14.3 Å². The zero-order valence-electron chi connectivity index (χ0n) is 13.6. The summed E-state index contributed by atoms with van der Waals surface area (Å²) in [7, 11) is 1.62. The predicted molar refractivity (Wildman–Crippen MR) is 88.7 cm³/mol. The van der Waals surface area contributed by atoms with Crippen molar-refractivity contribution in [3.8, 4) is 5.75 Å². The third-order valence-electron chi connectivity index (χ3n) is 4.50. The molecule has 0 fully saturated rings. The number of rotatable bonds is 5. The maximum absolute atomic E-state index is 12.2. The molecule has 1 aliphatic rings. The van der Waals surface area contributed by atoms with Crippen molar-refractivity contribution in [3.63, 3.8) is 0 Å². The Morgan fingerprint density at radius 1 is 1.33 bits per heavy atom. The highest BCUT2D eigenvalue weighted by Crippen LogP contribution is 2.39. The number of nitrogens with one attached hydrogen (secondary N) is 2. The molecule has 2 atom stereocenters. The van der Waals surface area contributed by atoms with E-state index in [1.807, 2.05) is 31.2 Å². The lowest BCUT2D eigenvalue weighted by molar-refractivity contribution is -0.131. The second-order valence-corrected chi connectivity index (χ2v) is 5.97. The molecule has 126 valence electrons. The molecule has 0 radical (unpaired) electrons. The fourth-order valence-corrected chi connectivity index (χ4v) is 3.28. The van der Waals surface area contributed by atoms with E-state index in [1.165, 1.54) is 0 Å². The maximum atomic E-state index is 12.2. The van der Waals surface area contributed by atoms with Gasteiger partial charge in [0.25, 0.3) is 0 Å². The third-order valence-corrected chi connectivity index (χ3v) is 4.50. The van der Waals surface area contributed by atoms with Gasteiger partial charge in [0.2, 0.25) is 11.8 Å². The quantitative estimate of drug-likeness (QED) is 0.722. The highest BCUT2D eigenvalue weighted by Gasteiger charge is 2.41. The number of aromatic nitrogens is 2. The molecule has 7 nitrogen and oxygen atoms in total. The van der Waals surface area contributed by atoms with Crippen molar-refractivity contribution in [2.45, 2.75) is 25.7 Å². The van der Waals surface area contributed by atoms with E-state index in [9.17, 15) is 9.59 Å². The highest BCUT2D eigenvalue weighted by atomic mass is 16.5. The number of carbonyl (C=O) groups is 2. The summed E-state index contributed by atoms with van der Waals surface area (Å²) in [5.41, 5.74) is 8.30. The number of benzene rings is 1. The minimum atomic E-state index is -0.882. The van der Waals surface area contributed by atoms with E-state index in [2.05, 4.69) is 15.5 Å². The molecule has 1 aromatic carbocycles. The molecule has 24 heavy (non-hydrogen) atoms. The van der Waals surface area contributed by atoms with Crippen LogP contribution in [0.5, 0.6) is 5.75 Å². The van der Waals surface area contributed by atoms with Gasteiger partial charge in [0, 0.05) is 17.2 Å². The molecule has 2 unspecified atom stereocenters. The summed E-state index contributed by atoms with van der Waals surface area (Å²) in [5.74, 6) is -0.882. The van der Waals surface area contributed by atoms with Gasteiger partial charge in [-0.1, -0.05) is 12.1 Å². The van der Waals surface area contributed by atoms with E-state index in [0.717, 1.165) is 29.0 Å². The number of methoxy groups -OCH3 is 1. The van der Waals surface area contributed by atoms with E-state index in [-0.39, 0.29) is 11.8 Å². The number of nitrogens with two attached hydrogens (primary N) is 1. The van der Waals surface area contributed by atoms with Gasteiger partial charge >= 0.3 is 0 Å². The van der Waals surface area contributed by atoms with Crippen molar-refractivity contribution >= 4 is 17.6 Å². The summed E-state index contributed by atoms with van der Waals surface area (Å²) in [6.45, 7) is 1.88. The number of hydrogen-bond donors (Lipinski definition) is 3. The van der Waals surface area contributed by atoms with Crippen molar-refractivity contribution in [2.24, 2.45) is 11.7 Å². The average molecular weight is 328 g/mol. The van der Waals surface area contributed by atoms with Crippen LogP contribution in [0, 0.1) is 12.8 Å². The number of ether oxygens (including phenoxy) is 1. The molecule has 0 spiro atoms. The van der Waals surface area contributed by atoms with Gasteiger partial charge in [0.1, 0.15) is 11.7 Å². The summed E-state index contributed by atoms with van der Waals surface area (Å²) in [4.78, 5) is 24.1. The Hall–Kier alpha value is -2.83. The first-order valence-corrected chi connectivity index (χ1v) is 7.79. The molecule has 1 aromatic heterocycles. The van der Waals surface area contributed by atoms with Crippen molar-refractivity contribution in [1.29, 1.82) is 0 Å². The van der Waals surface area contributed by atoms with E-state index < -0.39 is 11.8 Å². The van der Waals surface area contributed by atoms with Gasteiger partial charge in [0.05, 0.1) is 7.11 Å². The van der Waals surface area contributed by atoms with Crippen LogP contribution in [-0.2, 0) is 16.0 Å². The molecule has 0 aliphatic carbocycles. The topological polar surface area (TPSA) is 110 Å². The van der Waals surface area contributed by atoms with Gasteiger partial charge < -0.3 is 15.8 Å². The van der Waals surface area contributed by atoms with Crippen LogP contribution in [0.2, 0.25) is 0 Å². The summed E-state index contributed by atoms with van der Waals surface area (Å²) in [6.07, 6.45) is 1.34. The number of primary amides is 1. The summed E-state index contributed by atoms with van der Waals surface area (Å²) in [5, 5.41) is 9.63. The number of aromatic amines is 1. The van der Waals surface area contributed by atoms with Crippen LogP contribution in [0.25, 0.3) is 0 Å². The molecule has 1 aliphatic heterocycles. The SMILES string of the molecule is COc1ccc(CCC2c3c(n[nH]c3C)NC(=O)C2C(N)=O)cc1. The van der Waals surface area contributed by atoms with Crippen LogP contribution >= 0.6 is 0 Å². The standard InChI is InChI=1S/C17H20N4O3/c1-9-13-12(8-5-10-3-6-11(24-2)7-4-10)14(15(18)22)17(23)19-16(13)21-20-9/h3-4,6-7,12,14H,5,8H2,1-2H3,(H2,18,22)(H2,19,20,21,23). The van der Waals surface area contributed by atoms with Crippen molar-refractivity contribution in [3.05, 3.63) is 41.1 Å². The highest BCUT2D eigenvalue weighted by molar-refractivity contribution is 6.08. The lowest BCUT2D eigenvalue weighted by atomic mass is 9.78. The Bertz CT molecular complexity index is 767. The Kier molecular flexibility index (Phi) is 4.24. The lowest BCUT2D eigenvalue weighted by Gasteiger charge is -2.29. The molecule has 0 saturated heterocycles. The van der Waals surface area contributed by atoms with E-state index in [4.69, 9.17) is 10.5 Å². The van der Waals surface area contributed by atoms with Gasteiger partial charge in [0.15, 0.2) is 5.82 Å². The van der Waals surface area contributed by atoms with Crippen LogP contribution < -0.4 is 15.8 Å². The van der Waals surface area contributed by atoms with Gasteiger partial charge in [-0.05, 0) is 37.5 Å². The Morgan fingerprint density at radius 2 is 2.04 bits per heavy atom. The van der Waals surface area contributed by atoms with Crippen molar-refractivity contribution in [2.75, 3.05) is 12.4 Å². The molecule has 2 amide bonds. The minimum absolute atomic E-state index is 0.285. The van der Waals surface area contributed by atoms with Gasteiger partial charge in [-0.25, -0.2) is 0 Å². The summed E-state index contributed by atoms with van der Waals surface area (Å²) in [6, 6.07) is 7.74. The Balaban J connectivity index is 1.86. The first-order chi connectivity index (χ1) is 11.5. The number of carbonyl (C=O) groups excluding carboxylic acids is 2. The van der Waals surface area contributed by atoms with E-state index in [0.29, 0.717) is 12.2 Å². The maximum Gasteiger partial charge on any atom is 0.238 e. The molecular weight excluding hydrogens is 308 g/mol. The minimum Gasteiger partial charge on any atom is -0.497 e. The first-order valence-electron chi connectivity index (χ1n) is 7.79. The molecule has 0 saturated carbocycles. The number of fused-ring (bicyclic) bond motifs is 1. The number of nitrogens with zero attached hydrogens (tertiary/aromatic N) is 1. The summed E-state index contributed by atoms with van der Waals surface area (Å²) < 4.78 is 5.15. The van der Waals surface area contributed by atoms with Crippen LogP contribution in [0.3, 0.4) is 0 Å². The molecule has 7 heteroatoms. The second kappa shape index (κ2) is 6.35. The lowest BCUT2D eigenvalue weighted by Crippen LogP contribution is -2.42. The first kappa shape index (κ1) is 16.0. The Labute approximate surface area is 139 Å². The van der Waals surface area contributed by atoms with Crippen LogP contribution in [-0.4, -0.2) is 29.1 Å². The van der Waals surface area contributed by atoms with Gasteiger partial charge in [-0.15, -0.1) is 0 Å². The average Bonchev–Trinajstić information content (AvgIpc) is 2.93. The normalized spacial score (nSPS) is 19.5. The zero-order valence-corrected chi connectivity index (χ0v) is 13.6. The van der Waals surface area contributed by atoms with Gasteiger partial charge in [-0.3, -0.25) is 14.7 Å². The molecule has 3 rings (SSSR count). The number of aryl methyl sites for hydroxylation is 2. The number of hydrogen-bond acceptors (Lipinski definition) is 4. The number of H-pyrrole nitrogens is 1. The number of anilines is 1. The van der Waals surface area contributed by atoms with Gasteiger partial charge in [-0.2, -0.15) is 5.10 Å². The zero-order chi connectivity index (χ0) is 17.3. The Morgan fingerprint density at radius 3 is 2.67 bits per heavy atom. The second-order valence-electron chi connectivity index (χ2n) is 5.97. The molecule has 0 bridgehead atoms. The monoisotopic (exact) mass is 328 g/mol. The van der Waals surface area contributed by atoms with E-state index in [1.54, 1.807) is 7.11 Å². The predicted octanol–water partition coefficient (Wildman–Crippen LogP) is 1.50. The van der Waals surface area contributed by atoms with E-state index >= 15 is 0 Å². The van der Waals surface area contributed by atoms with Crippen LogP contribution in [0.1, 0.15) is 29.2 Å². The fraction of sp³-hybridized carbons (Fsp3) is 0.353. The third kappa shape index (κ3) is 2.84. The number of amides is 2. The van der Waals surface area contributed by atoms with Crippen LogP contribution in [0.15, 0.2) is 24.3 Å². The largest absolute Gasteiger partial charge is 0.497 e. The summed E-state index contributed by atoms with van der Waals surface area (Å²) >= 11 is 0. The molecule has 4 N–H and O–H groups in total. The molecule has 2 aromatic rings. The van der Waals surface area contributed by atoms with Crippen molar-refractivity contribution in [1.82, 2.24) is 10.2 Å². The molecule has 2 heterocycles. The fourth-order valence-electron chi connectivity index (χ4n) is 3.28. The molecular formula is C17H20N4O3. The smallest absolute Gasteiger partial charge is 0.238 e. The van der Waals surface area contributed by atoms with Crippen LogP contribution in [0.4, 0.5) is 5.82 Å².